The van der Waals surface area contributed by atoms with E-state index in [9.17, 15) is 0 Å². The molecular formula is C39H25N3O. The van der Waals surface area contributed by atoms with Crippen molar-refractivity contribution in [2.24, 2.45) is 0 Å². The summed E-state index contributed by atoms with van der Waals surface area (Å²) < 4.78 is 66.0. The molecule has 0 spiro atoms. The lowest BCUT2D eigenvalue weighted by atomic mass is 10.0. The summed E-state index contributed by atoms with van der Waals surface area (Å²) in [6.45, 7) is 0. The molecule has 202 valence electrons. The number of para-hydroxylation sites is 1. The second-order valence-electron chi connectivity index (χ2n) is 9.95. The van der Waals surface area contributed by atoms with Crippen LogP contribution in [0.2, 0.25) is 0 Å². The second kappa shape index (κ2) is 10.5. The first-order valence-corrected chi connectivity index (χ1v) is 13.7. The van der Waals surface area contributed by atoms with Crippen LogP contribution in [-0.2, 0) is 0 Å². The zero-order valence-corrected chi connectivity index (χ0v) is 22.6. The lowest BCUT2D eigenvalue weighted by molar-refractivity contribution is 0.669. The lowest BCUT2D eigenvalue weighted by Gasteiger charge is -2.10. The van der Waals surface area contributed by atoms with Crippen LogP contribution in [0.15, 0.2) is 156 Å². The van der Waals surface area contributed by atoms with Gasteiger partial charge in [0.2, 0.25) is 0 Å². The number of rotatable bonds is 5. The topological polar surface area (TPSA) is 51.8 Å². The van der Waals surface area contributed by atoms with Crippen molar-refractivity contribution < 1.29 is 14.0 Å². The van der Waals surface area contributed by atoms with Crippen LogP contribution in [0.5, 0.6) is 0 Å². The highest BCUT2D eigenvalue weighted by Crippen LogP contribution is 2.36. The van der Waals surface area contributed by atoms with Gasteiger partial charge in [0.25, 0.3) is 0 Å². The Morgan fingerprint density at radius 3 is 1.47 bits per heavy atom. The molecule has 43 heavy (non-hydrogen) atoms. The number of hydrogen-bond donors (Lipinski definition) is 0. The van der Waals surface area contributed by atoms with Crippen molar-refractivity contribution in [2.45, 2.75) is 0 Å². The number of nitrogens with zero attached hydrogens (tertiary/aromatic N) is 3. The molecule has 0 fully saturated rings. The highest BCUT2D eigenvalue weighted by Gasteiger charge is 2.17. The maximum Gasteiger partial charge on any atom is 0.164 e. The van der Waals surface area contributed by atoms with E-state index in [2.05, 4.69) is 0 Å². The first kappa shape index (κ1) is 18.5. The van der Waals surface area contributed by atoms with E-state index in [0.717, 1.165) is 22.3 Å². The number of benzene rings is 6. The van der Waals surface area contributed by atoms with Crippen molar-refractivity contribution >= 4 is 21.9 Å². The minimum Gasteiger partial charge on any atom is -0.456 e. The van der Waals surface area contributed by atoms with Gasteiger partial charge in [0.1, 0.15) is 11.2 Å². The summed E-state index contributed by atoms with van der Waals surface area (Å²) in [6.07, 6.45) is 0. The Hall–Kier alpha value is -5.87. The van der Waals surface area contributed by atoms with Crippen molar-refractivity contribution in [3.05, 3.63) is 151 Å². The van der Waals surface area contributed by atoms with Gasteiger partial charge in [0.05, 0.1) is 9.60 Å². The fraction of sp³-hybridized carbons (Fsp3) is 0. The molecule has 0 N–H and O–H groups in total. The maximum atomic E-state index is 9.05. The van der Waals surface area contributed by atoms with Crippen molar-refractivity contribution in [3.8, 4) is 56.4 Å². The number of fused-ring (bicyclic) bond motifs is 3. The third-order valence-corrected chi connectivity index (χ3v) is 7.31. The average Bonchev–Trinajstić information content (AvgIpc) is 3.57. The largest absolute Gasteiger partial charge is 0.456 e. The van der Waals surface area contributed by atoms with Gasteiger partial charge >= 0.3 is 0 Å². The van der Waals surface area contributed by atoms with Crippen molar-refractivity contribution in [2.75, 3.05) is 0 Å². The SMILES string of the molecule is [2H]c1c([2H])c([2H])c2c(oc3c([2H])c([2H])c([2H])c(-c4nc(-c5ccc(-c6ccccc6)cc5)nc(-c5ccc(-c6ccccc6)cc5)n4)c32)c1[2H]. The van der Waals surface area contributed by atoms with Gasteiger partial charge in [-0.1, -0.05) is 139 Å². The number of aromatic nitrogens is 3. The minimum atomic E-state index is -0.491. The molecule has 8 rings (SSSR count). The number of hydrogen-bond acceptors (Lipinski definition) is 4. The molecule has 0 aliphatic carbocycles. The molecule has 0 unspecified atom stereocenters. The summed E-state index contributed by atoms with van der Waals surface area (Å²) in [5.41, 5.74) is 5.12. The Labute approximate surface area is 258 Å². The van der Waals surface area contributed by atoms with Crippen LogP contribution in [0, 0.1) is 0 Å². The first-order chi connectivity index (χ1) is 24.2. The second-order valence-corrected chi connectivity index (χ2v) is 9.95. The highest BCUT2D eigenvalue weighted by atomic mass is 16.3. The van der Waals surface area contributed by atoms with E-state index in [1.165, 1.54) is 0 Å². The van der Waals surface area contributed by atoms with Crippen LogP contribution in [0.1, 0.15) is 9.60 Å². The Balaban J connectivity index is 1.39. The van der Waals surface area contributed by atoms with Gasteiger partial charge in [-0.3, -0.25) is 0 Å². The quantitative estimate of drug-likeness (QED) is 0.211. The minimum absolute atomic E-state index is 0.00267. The molecule has 0 saturated carbocycles. The fourth-order valence-corrected chi connectivity index (χ4v) is 5.16. The predicted molar refractivity (Wildman–Crippen MR) is 174 cm³/mol. The van der Waals surface area contributed by atoms with E-state index in [4.69, 9.17) is 29.0 Å². The number of furan rings is 1. The standard InChI is InChI=1S/C39H25N3O/c1-3-10-26(11-4-1)28-18-22-30(23-19-28)37-40-38(31-24-20-29(21-25-31)27-12-5-2-6-13-27)42-39(41-37)33-15-9-17-35-36(33)32-14-7-8-16-34(32)43-35/h1-25H/i7D,8D,9D,14D,15D,16D,17D. The van der Waals surface area contributed by atoms with E-state index >= 15 is 0 Å². The summed E-state index contributed by atoms with van der Waals surface area (Å²) >= 11 is 0. The van der Waals surface area contributed by atoms with Crippen LogP contribution in [0.4, 0.5) is 0 Å². The van der Waals surface area contributed by atoms with Crippen LogP contribution < -0.4 is 0 Å². The third-order valence-electron chi connectivity index (χ3n) is 7.31. The summed E-state index contributed by atoms with van der Waals surface area (Å²) in [5, 5.41) is 0.0610. The molecule has 2 heterocycles. The van der Waals surface area contributed by atoms with Crippen LogP contribution in [-0.4, -0.2) is 15.0 Å². The lowest BCUT2D eigenvalue weighted by Crippen LogP contribution is -2.00. The summed E-state index contributed by atoms with van der Waals surface area (Å²) in [6, 6.07) is 32.3. The van der Waals surface area contributed by atoms with Gasteiger partial charge in [-0.25, -0.2) is 15.0 Å². The molecular weight excluding hydrogens is 526 g/mol. The molecule has 0 amide bonds. The molecule has 0 radical (unpaired) electrons. The van der Waals surface area contributed by atoms with E-state index in [1.54, 1.807) is 0 Å². The Morgan fingerprint density at radius 2 is 0.884 bits per heavy atom. The molecule has 0 aliphatic heterocycles. The molecule has 8 aromatic rings. The molecule has 0 bridgehead atoms. The molecule has 2 aromatic heterocycles. The van der Waals surface area contributed by atoms with Gasteiger partial charge in [-0.2, -0.15) is 0 Å². The Morgan fingerprint density at radius 1 is 0.419 bits per heavy atom. The fourth-order valence-electron chi connectivity index (χ4n) is 5.16. The smallest absolute Gasteiger partial charge is 0.164 e. The Bertz CT molecular complexity index is 2490. The third kappa shape index (κ3) is 4.65. The summed E-state index contributed by atoms with van der Waals surface area (Å²) in [4.78, 5) is 14.5. The molecule has 0 saturated heterocycles. The average molecular weight is 559 g/mol. The molecule has 4 heteroatoms. The Kier molecular flexibility index (Phi) is 4.53. The zero-order chi connectivity index (χ0) is 34.7. The normalized spacial score (nSPS) is 13.5. The van der Waals surface area contributed by atoms with Gasteiger partial charge in [0, 0.05) is 27.5 Å². The highest BCUT2D eigenvalue weighted by molar-refractivity contribution is 6.11. The predicted octanol–water partition coefficient (Wildman–Crippen LogP) is 10.1. The van der Waals surface area contributed by atoms with Crippen molar-refractivity contribution in [3.63, 3.8) is 0 Å². The van der Waals surface area contributed by atoms with Gasteiger partial charge in [-0.05, 0) is 34.3 Å². The van der Waals surface area contributed by atoms with Crippen LogP contribution >= 0.6 is 0 Å². The van der Waals surface area contributed by atoms with Gasteiger partial charge in [-0.15, -0.1) is 0 Å². The van der Waals surface area contributed by atoms with E-state index in [-0.39, 0.29) is 45.4 Å². The van der Waals surface area contributed by atoms with Crippen molar-refractivity contribution in [1.82, 2.24) is 15.0 Å². The van der Waals surface area contributed by atoms with Gasteiger partial charge < -0.3 is 4.42 Å². The molecule has 4 nitrogen and oxygen atoms in total. The zero-order valence-electron chi connectivity index (χ0n) is 29.6. The van der Waals surface area contributed by atoms with Crippen molar-refractivity contribution in [1.29, 1.82) is 0 Å². The summed E-state index contributed by atoms with van der Waals surface area (Å²) in [5.74, 6) is 0.587. The van der Waals surface area contributed by atoms with E-state index < -0.39 is 30.2 Å². The maximum absolute atomic E-state index is 9.05. The van der Waals surface area contributed by atoms with Gasteiger partial charge in [0.15, 0.2) is 17.5 Å². The first-order valence-electron chi connectivity index (χ1n) is 17.2. The van der Waals surface area contributed by atoms with E-state index in [1.807, 2.05) is 109 Å². The van der Waals surface area contributed by atoms with Crippen LogP contribution in [0.25, 0.3) is 78.4 Å². The molecule has 6 aromatic carbocycles. The summed E-state index contributed by atoms with van der Waals surface area (Å²) in [7, 11) is 0. The van der Waals surface area contributed by atoms with E-state index in [0.29, 0.717) is 22.8 Å². The molecule has 0 atom stereocenters. The monoisotopic (exact) mass is 558 g/mol. The van der Waals surface area contributed by atoms with Crippen LogP contribution in [0.3, 0.4) is 0 Å². The molecule has 0 aliphatic rings.